The molecule has 0 unspecified atom stereocenters. The van der Waals surface area contributed by atoms with Crippen LogP contribution in [0, 0.1) is 0 Å². The molecule has 0 amide bonds. The van der Waals surface area contributed by atoms with Crippen LogP contribution in [0.25, 0.3) is 0 Å². The average molecular weight is 248 g/mol. The Labute approximate surface area is 98.0 Å². The monoisotopic (exact) mass is 248 g/mol. The molecule has 0 saturated carbocycles. The summed E-state index contributed by atoms with van der Waals surface area (Å²) in [7, 11) is 0. The van der Waals surface area contributed by atoms with Gasteiger partial charge in [0.15, 0.2) is 0 Å². The number of carbonyl (C=O) groups is 2. The number of ether oxygens (including phenoxy) is 2. The van der Waals surface area contributed by atoms with Crippen molar-refractivity contribution in [1.82, 2.24) is 0 Å². The van der Waals surface area contributed by atoms with Crippen LogP contribution < -0.4 is 0 Å². The molecule has 98 valence electrons. The highest BCUT2D eigenvalue weighted by Crippen LogP contribution is 2.15. The van der Waals surface area contributed by atoms with Crippen molar-refractivity contribution in [3.63, 3.8) is 0 Å². The van der Waals surface area contributed by atoms with Crippen LogP contribution in [0.1, 0.15) is 13.3 Å². The van der Waals surface area contributed by atoms with Gasteiger partial charge in [0, 0.05) is 0 Å². The molecule has 1 fully saturated rings. The zero-order valence-corrected chi connectivity index (χ0v) is 9.41. The number of hydrogen-bond acceptors (Lipinski definition) is 7. The Morgan fingerprint density at radius 3 is 2.53 bits per heavy atom. The standard InChI is InChI=1S/C10H16O7/c1-5(11)2-8(13)17-4-7-10(15)9(14)6(12)3-16-7/h6-7,9-10,12,14-15H,2-4H2,1H3/t6-,7+,9+,10+/m0/s1. The maximum absolute atomic E-state index is 11.1. The molecule has 1 aliphatic heterocycles. The van der Waals surface area contributed by atoms with Gasteiger partial charge in [0.25, 0.3) is 0 Å². The van der Waals surface area contributed by atoms with E-state index >= 15 is 0 Å². The molecule has 0 aromatic rings. The largest absolute Gasteiger partial charge is 0.462 e. The van der Waals surface area contributed by atoms with E-state index in [1.54, 1.807) is 0 Å². The van der Waals surface area contributed by atoms with Gasteiger partial charge in [0.2, 0.25) is 0 Å². The van der Waals surface area contributed by atoms with Crippen molar-refractivity contribution in [2.24, 2.45) is 0 Å². The molecule has 4 atom stereocenters. The van der Waals surface area contributed by atoms with E-state index in [9.17, 15) is 24.9 Å². The molecule has 1 aliphatic rings. The minimum atomic E-state index is -1.33. The molecule has 3 N–H and O–H groups in total. The zero-order chi connectivity index (χ0) is 13.0. The smallest absolute Gasteiger partial charge is 0.313 e. The first-order valence-electron chi connectivity index (χ1n) is 5.22. The third kappa shape index (κ3) is 4.04. The molecular weight excluding hydrogens is 232 g/mol. The zero-order valence-electron chi connectivity index (χ0n) is 9.41. The molecule has 7 heteroatoms. The number of ketones is 1. The van der Waals surface area contributed by atoms with Crippen molar-refractivity contribution in [3.05, 3.63) is 0 Å². The molecule has 0 bridgehead atoms. The summed E-state index contributed by atoms with van der Waals surface area (Å²) in [6.45, 7) is 0.845. The maximum atomic E-state index is 11.1. The van der Waals surface area contributed by atoms with Gasteiger partial charge in [-0.2, -0.15) is 0 Å². The molecule has 1 rings (SSSR count). The van der Waals surface area contributed by atoms with E-state index in [1.807, 2.05) is 0 Å². The van der Waals surface area contributed by atoms with Crippen LogP contribution in [-0.4, -0.2) is 64.7 Å². The van der Waals surface area contributed by atoms with Gasteiger partial charge >= 0.3 is 5.97 Å². The molecule has 0 radical (unpaired) electrons. The second kappa shape index (κ2) is 6.06. The first-order valence-corrected chi connectivity index (χ1v) is 5.22. The number of aliphatic hydroxyl groups excluding tert-OH is 3. The van der Waals surface area contributed by atoms with Crippen LogP contribution in [0.3, 0.4) is 0 Å². The van der Waals surface area contributed by atoms with Gasteiger partial charge in [-0.05, 0) is 6.92 Å². The summed E-state index contributed by atoms with van der Waals surface area (Å²) in [5.74, 6) is -1.04. The van der Waals surface area contributed by atoms with Crippen molar-refractivity contribution in [1.29, 1.82) is 0 Å². The molecule has 1 heterocycles. The van der Waals surface area contributed by atoms with Crippen LogP contribution in [0.2, 0.25) is 0 Å². The summed E-state index contributed by atoms with van der Waals surface area (Å²) in [6.07, 6.45) is -5.06. The number of esters is 1. The van der Waals surface area contributed by atoms with Crippen molar-refractivity contribution < 1.29 is 34.4 Å². The molecule has 7 nitrogen and oxygen atoms in total. The first kappa shape index (κ1) is 14.0. The van der Waals surface area contributed by atoms with Gasteiger partial charge in [0.1, 0.15) is 43.2 Å². The van der Waals surface area contributed by atoms with E-state index in [1.165, 1.54) is 6.92 Å². The van der Waals surface area contributed by atoms with E-state index in [0.717, 1.165) is 0 Å². The number of hydrogen-bond donors (Lipinski definition) is 3. The summed E-state index contributed by atoms with van der Waals surface area (Å²) < 4.78 is 9.71. The minimum absolute atomic E-state index is 0.146. The van der Waals surface area contributed by atoms with Gasteiger partial charge in [0.05, 0.1) is 6.61 Å². The quantitative estimate of drug-likeness (QED) is 0.389. The molecular formula is C10H16O7. The highest BCUT2D eigenvalue weighted by atomic mass is 16.6. The van der Waals surface area contributed by atoms with E-state index in [-0.39, 0.29) is 25.4 Å². The lowest BCUT2D eigenvalue weighted by molar-refractivity contribution is -0.201. The molecule has 0 spiro atoms. The summed E-state index contributed by atoms with van der Waals surface area (Å²) in [5.41, 5.74) is 0. The van der Waals surface area contributed by atoms with Crippen LogP contribution >= 0.6 is 0 Å². The lowest BCUT2D eigenvalue weighted by atomic mass is 10.0. The number of carbonyl (C=O) groups excluding carboxylic acids is 2. The molecule has 0 aromatic heterocycles. The van der Waals surface area contributed by atoms with Gasteiger partial charge in [-0.3, -0.25) is 9.59 Å². The number of aliphatic hydroxyl groups is 3. The lowest BCUT2D eigenvalue weighted by Crippen LogP contribution is -2.54. The third-order valence-electron chi connectivity index (χ3n) is 2.41. The van der Waals surface area contributed by atoms with Crippen LogP contribution in [-0.2, 0) is 19.1 Å². The minimum Gasteiger partial charge on any atom is -0.462 e. The fourth-order valence-electron chi connectivity index (χ4n) is 1.44. The fraction of sp³-hybridized carbons (Fsp3) is 0.800. The molecule has 0 aliphatic carbocycles. The molecule has 17 heavy (non-hydrogen) atoms. The van der Waals surface area contributed by atoms with Crippen molar-refractivity contribution in [3.8, 4) is 0 Å². The summed E-state index contributed by atoms with van der Waals surface area (Å²) in [5, 5.41) is 28.0. The van der Waals surface area contributed by atoms with Crippen molar-refractivity contribution in [2.75, 3.05) is 13.2 Å². The van der Waals surface area contributed by atoms with Gasteiger partial charge in [-0.25, -0.2) is 0 Å². The third-order valence-corrected chi connectivity index (χ3v) is 2.41. The number of rotatable bonds is 4. The normalized spacial score (nSPS) is 33.2. The Morgan fingerprint density at radius 1 is 1.29 bits per heavy atom. The van der Waals surface area contributed by atoms with E-state index in [2.05, 4.69) is 0 Å². The molecule has 1 saturated heterocycles. The average Bonchev–Trinajstić information content (AvgIpc) is 2.24. The Bertz CT molecular complexity index is 290. The van der Waals surface area contributed by atoms with Crippen molar-refractivity contribution in [2.45, 2.75) is 37.8 Å². The maximum Gasteiger partial charge on any atom is 0.313 e. The summed E-state index contributed by atoms with van der Waals surface area (Å²) in [4.78, 5) is 21.7. The summed E-state index contributed by atoms with van der Waals surface area (Å²) in [6, 6.07) is 0. The van der Waals surface area contributed by atoms with Gasteiger partial charge < -0.3 is 24.8 Å². The van der Waals surface area contributed by atoms with Gasteiger partial charge in [-0.1, -0.05) is 0 Å². The summed E-state index contributed by atoms with van der Waals surface area (Å²) >= 11 is 0. The topological polar surface area (TPSA) is 113 Å². The number of Topliss-reactive ketones (excluding diaryl/α,β-unsaturated/α-hetero) is 1. The highest BCUT2D eigenvalue weighted by molar-refractivity contribution is 5.94. The van der Waals surface area contributed by atoms with Crippen LogP contribution in [0.4, 0.5) is 0 Å². The Hall–Kier alpha value is -1.02. The highest BCUT2D eigenvalue weighted by Gasteiger charge is 2.38. The SMILES string of the molecule is CC(=O)CC(=O)OC[C@H]1OC[C@H](O)[C@@H](O)[C@@H]1O. The van der Waals surface area contributed by atoms with Crippen molar-refractivity contribution >= 4 is 11.8 Å². The first-order chi connectivity index (χ1) is 7.91. The lowest BCUT2D eigenvalue weighted by Gasteiger charge is -2.34. The van der Waals surface area contributed by atoms with Crippen LogP contribution in [0.15, 0.2) is 0 Å². The van der Waals surface area contributed by atoms with E-state index in [4.69, 9.17) is 9.47 Å². The predicted octanol–water partition coefficient (Wildman–Crippen LogP) is -2.01. The fourth-order valence-corrected chi connectivity index (χ4v) is 1.44. The molecule has 0 aromatic carbocycles. The Morgan fingerprint density at radius 2 is 1.94 bits per heavy atom. The van der Waals surface area contributed by atoms with Crippen LogP contribution in [0.5, 0.6) is 0 Å². The Balaban J connectivity index is 2.37. The Kier molecular flexibility index (Phi) is 5.01. The van der Waals surface area contributed by atoms with E-state index < -0.39 is 30.4 Å². The van der Waals surface area contributed by atoms with E-state index in [0.29, 0.717) is 0 Å². The van der Waals surface area contributed by atoms with Gasteiger partial charge in [-0.15, -0.1) is 0 Å². The second-order valence-corrected chi connectivity index (χ2v) is 3.98. The second-order valence-electron chi connectivity index (χ2n) is 3.98. The predicted molar refractivity (Wildman–Crippen MR) is 54.0 cm³/mol.